The van der Waals surface area contributed by atoms with E-state index in [0.717, 1.165) is 30.3 Å². The molecule has 1 fully saturated rings. The molecule has 0 saturated carbocycles. The summed E-state index contributed by atoms with van der Waals surface area (Å²) in [6.45, 7) is 7.10. The van der Waals surface area contributed by atoms with Crippen molar-refractivity contribution in [3.05, 3.63) is 48.0 Å². The van der Waals surface area contributed by atoms with Crippen molar-refractivity contribution in [2.24, 2.45) is 0 Å². The van der Waals surface area contributed by atoms with E-state index in [2.05, 4.69) is 20.0 Å². The van der Waals surface area contributed by atoms with Crippen LogP contribution in [-0.4, -0.2) is 63.2 Å². The van der Waals surface area contributed by atoms with Crippen molar-refractivity contribution >= 4 is 17.4 Å². The third-order valence-corrected chi connectivity index (χ3v) is 4.62. The molecule has 3 aromatic rings. The van der Waals surface area contributed by atoms with Crippen LogP contribution in [0.2, 0.25) is 0 Å². The fourth-order valence-corrected chi connectivity index (χ4v) is 3.33. The lowest BCUT2D eigenvalue weighted by Gasteiger charge is -2.35. The van der Waals surface area contributed by atoms with Crippen LogP contribution in [-0.2, 0) is 0 Å². The second kappa shape index (κ2) is 7.22. The fraction of sp³-hybridized carbons (Fsp3) is 0.368. The summed E-state index contributed by atoms with van der Waals surface area (Å²) < 4.78 is 7.31. The normalized spacial score (nSPS) is 14.6. The van der Waals surface area contributed by atoms with E-state index >= 15 is 0 Å². The number of piperazine rings is 1. The standard InChI is InChI=1S/C19H22N6O2/c1-3-27-16-6-4-5-15(11-16)19(26)24-9-7-23(8-10-24)18-13-20-12-17-21-14(2)22-25(17)18/h4-6,11-13H,3,7-10H2,1-2H3. The van der Waals surface area contributed by atoms with Crippen molar-refractivity contribution in [2.75, 3.05) is 37.7 Å². The SMILES string of the molecule is CCOc1cccc(C(=O)N2CCN(c3cncc4nc(C)nn34)CC2)c1. The van der Waals surface area contributed by atoms with E-state index in [1.807, 2.05) is 41.5 Å². The van der Waals surface area contributed by atoms with Gasteiger partial charge in [-0.25, -0.2) is 4.98 Å². The summed E-state index contributed by atoms with van der Waals surface area (Å²) in [6, 6.07) is 7.36. The number of rotatable bonds is 4. The van der Waals surface area contributed by atoms with Gasteiger partial charge in [0, 0.05) is 31.7 Å². The van der Waals surface area contributed by atoms with Crippen LogP contribution in [0.25, 0.3) is 5.65 Å². The molecule has 1 saturated heterocycles. The summed E-state index contributed by atoms with van der Waals surface area (Å²) >= 11 is 0. The molecule has 1 aliphatic heterocycles. The zero-order valence-corrected chi connectivity index (χ0v) is 15.5. The molecule has 27 heavy (non-hydrogen) atoms. The zero-order chi connectivity index (χ0) is 18.8. The highest BCUT2D eigenvalue weighted by molar-refractivity contribution is 5.94. The third kappa shape index (κ3) is 3.42. The van der Waals surface area contributed by atoms with Crippen molar-refractivity contribution in [3.8, 4) is 5.75 Å². The Bertz CT molecular complexity index is 962. The van der Waals surface area contributed by atoms with Crippen LogP contribution in [0.5, 0.6) is 5.75 Å². The number of hydrogen-bond donors (Lipinski definition) is 0. The summed E-state index contributed by atoms with van der Waals surface area (Å²) in [5.74, 6) is 2.37. The van der Waals surface area contributed by atoms with Gasteiger partial charge < -0.3 is 14.5 Å². The molecule has 0 spiro atoms. The highest BCUT2D eigenvalue weighted by Crippen LogP contribution is 2.19. The van der Waals surface area contributed by atoms with Gasteiger partial charge in [-0.1, -0.05) is 6.07 Å². The first-order valence-corrected chi connectivity index (χ1v) is 9.10. The largest absolute Gasteiger partial charge is 0.494 e. The smallest absolute Gasteiger partial charge is 0.254 e. The molecule has 0 bridgehead atoms. The lowest BCUT2D eigenvalue weighted by atomic mass is 10.1. The van der Waals surface area contributed by atoms with Crippen LogP contribution in [0, 0.1) is 6.92 Å². The van der Waals surface area contributed by atoms with Crippen LogP contribution < -0.4 is 9.64 Å². The molecule has 0 aliphatic carbocycles. The van der Waals surface area contributed by atoms with E-state index in [9.17, 15) is 4.79 Å². The first-order chi connectivity index (χ1) is 13.2. The van der Waals surface area contributed by atoms with Crippen LogP contribution in [0.3, 0.4) is 0 Å². The minimum absolute atomic E-state index is 0.0316. The molecule has 0 N–H and O–H groups in total. The Labute approximate surface area is 157 Å². The quantitative estimate of drug-likeness (QED) is 0.701. The van der Waals surface area contributed by atoms with Gasteiger partial charge in [-0.2, -0.15) is 4.52 Å². The summed E-state index contributed by atoms with van der Waals surface area (Å²) in [7, 11) is 0. The van der Waals surface area contributed by atoms with Crippen molar-refractivity contribution in [2.45, 2.75) is 13.8 Å². The number of ether oxygens (including phenoxy) is 1. The predicted molar refractivity (Wildman–Crippen MR) is 101 cm³/mol. The second-order valence-corrected chi connectivity index (χ2v) is 6.43. The molecule has 1 aromatic carbocycles. The maximum Gasteiger partial charge on any atom is 0.254 e. The lowest BCUT2D eigenvalue weighted by molar-refractivity contribution is 0.0746. The average Bonchev–Trinajstić information content (AvgIpc) is 3.08. The Morgan fingerprint density at radius 3 is 2.78 bits per heavy atom. The lowest BCUT2D eigenvalue weighted by Crippen LogP contribution is -2.49. The average molecular weight is 366 g/mol. The molecule has 3 heterocycles. The van der Waals surface area contributed by atoms with Gasteiger partial charge in [0.15, 0.2) is 11.5 Å². The van der Waals surface area contributed by atoms with Gasteiger partial charge in [-0.15, -0.1) is 5.10 Å². The van der Waals surface area contributed by atoms with E-state index in [1.54, 1.807) is 18.5 Å². The number of aromatic nitrogens is 4. The molecular weight excluding hydrogens is 344 g/mol. The summed E-state index contributed by atoms with van der Waals surface area (Å²) in [6.07, 6.45) is 3.50. The number of nitrogens with zero attached hydrogens (tertiary/aromatic N) is 6. The number of benzene rings is 1. The molecule has 0 unspecified atom stereocenters. The predicted octanol–water partition coefficient (Wildman–Crippen LogP) is 1.79. The van der Waals surface area contributed by atoms with Crippen LogP contribution >= 0.6 is 0 Å². The molecule has 140 valence electrons. The third-order valence-electron chi connectivity index (χ3n) is 4.62. The van der Waals surface area contributed by atoms with Gasteiger partial charge >= 0.3 is 0 Å². The van der Waals surface area contributed by atoms with E-state index in [0.29, 0.717) is 31.1 Å². The molecular formula is C19H22N6O2. The van der Waals surface area contributed by atoms with E-state index in [1.165, 1.54) is 0 Å². The molecule has 8 nitrogen and oxygen atoms in total. The minimum Gasteiger partial charge on any atom is -0.494 e. The molecule has 4 rings (SSSR count). The van der Waals surface area contributed by atoms with Crippen LogP contribution in [0.1, 0.15) is 23.1 Å². The molecule has 1 amide bonds. The zero-order valence-electron chi connectivity index (χ0n) is 15.5. The highest BCUT2D eigenvalue weighted by Gasteiger charge is 2.24. The summed E-state index contributed by atoms with van der Waals surface area (Å²) in [4.78, 5) is 25.5. The van der Waals surface area contributed by atoms with Crippen molar-refractivity contribution in [1.82, 2.24) is 24.5 Å². The number of anilines is 1. The number of aryl methyl sites for hydroxylation is 1. The molecule has 1 aliphatic rings. The number of carbonyl (C=O) groups is 1. The monoisotopic (exact) mass is 366 g/mol. The Balaban J connectivity index is 1.47. The van der Waals surface area contributed by atoms with Crippen LogP contribution in [0.4, 0.5) is 5.82 Å². The van der Waals surface area contributed by atoms with E-state index in [4.69, 9.17) is 4.74 Å². The first kappa shape index (κ1) is 17.3. The summed E-state index contributed by atoms with van der Waals surface area (Å²) in [5, 5.41) is 4.45. The number of amides is 1. The number of carbonyl (C=O) groups excluding carboxylic acids is 1. The van der Waals surface area contributed by atoms with Gasteiger partial charge in [0.05, 0.1) is 19.0 Å². The Morgan fingerprint density at radius 1 is 1.19 bits per heavy atom. The fourth-order valence-electron chi connectivity index (χ4n) is 3.33. The Morgan fingerprint density at radius 2 is 2.00 bits per heavy atom. The first-order valence-electron chi connectivity index (χ1n) is 9.10. The molecule has 2 aromatic heterocycles. The second-order valence-electron chi connectivity index (χ2n) is 6.43. The van der Waals surface area contributed by atoms with Gasteiger partial charge in [0.25, 0.3) is 5.91 Å². The molecule has 0 radical (unpaired) electrons. The molecule has 0 atom stereocenters. The Hall–Kier alpha value is -3.16. The number of hydrogen-bond acceptors (Lipinski definition) is 6. The minimum atomic E-state index is 0.0316. The highest BCUT2D eigenvalue weighted by atomic mass is 16.5. The van der Waals surface area contributed by atoms with E-state index in [-0.39, 0.29) is 5.91 Å². The topological polar surface area (TPSA) is 75.9 Å². The van der Waals surface area contributed by atoms with Gasteiger partial charge in [0.1, 0.15) is 11.6 Å². The number of fused-ring (bicyclic) bond motifs is 1. The summed E-state index contributed by atoms with van der Waals surface area (Å²) in [5.41, 5.74) is 1.39. The van der Waals surface area contributed by atoms with E-state index < -0.39 is 0 Å². The maximum atomic E-state index is 12.8. The maximum absolute atomic E-state index is 12.8. The van der Waals surface area contributed by atoms with Crippen molar-refractivity contribution in [3.63, 3.8) is 0 Å². The van der Waals surface area contributed by atoms with Crippen molar-refractivity contribution in [1.29, 1.82) is 0 Å². The van der Waals surface area contributed by atoms with Gasteiger partial charge in [0.2, 0.25) is 0 Å². The van der Waals surface area contributed by atoms with Gasteiger partial charge in [-0.05, 0) is 32.0 Å². The molecule has 8 heteroatoms. The van der Waals surface area contributed by atoms with Crippen molar-refractivity contribution < 1.29 is 9.53 Å². The van der Waals surface area contributed by atoms with Crippen LogP contribution in [0.15, 0.2) is 36.7 Å². The van der Waals surface area contributed by atoms with Gasteiger partial charge in [-0.3, -0.25) is 9.78 Å². The Kier molecular flexibility index (Phi) is 4.62.